The molecule has 1 heterocycles. The number of ether oxygens (including phenoxy) is 1. The van der Waals surface area contributed by atoms with Crippen LogP contribution in [0.25, 0.3) is 0 Å². The maximum absolute atomic E-state index is 13.1. The Hall–Kier alpha value is -2.98. The van der Waals surface area contributed by atoms with Gasteiger partial charge in [0.15, 0.2) is 6.61 Å². The van der Waals surface area contributed by atoms with E-state index in [1.54, 1.807) is 0 Å². The molecular weight excluding hydrogens is 393 g/mol. The smallest absolute Gasteiger partial charge is 0.416 e. The minimum absolute atomic E-state index is 0.0122. The highest BCUT2D eigenvalue weighted by Gasteiger charge is 2.32. The maximum atomic E-state index is 13.1. The highest BCUT2D eigenvalue weighted by Crippen LogP contribution is 2.36. The molecule has 4 N–H and O–H groups in total. The Morgan fingerprint density at radius 2 is 1.83 bits per heavy atom. The Morgan fingerprint density at radius 1 is 1.14 bits per heavy atom. The molecule has 11 heteroatoms. The number of anilines is 2. The molecule has 2 rings (SSSR count). The van der Waals surface area contributed by atoms with Crippen molar-refractivity contribution in [3.63, 3.8) is 0 Å². The van der Waals surface area contributed by atoms with Crippen molar-refractivity contribution in [2.24, 2.45) is 5.73 Å². The molecule has 29 heavy (non-hydrogen) atoms. The lowest BCUT2D eigenvalue weighted by molar-refractivity contribution is -0.147. The summed E-state index contributed by atoms with van der Waals surface area (Å²) in [4.78, 5) is 36.1. The number of alkyl halides is 3. The van der Waals surface area contributed by atoms with Gasteiger partial charge in [-0.1, -0.05) is 0 Å². The first-order valence-corrected chi connectivity index (χ1v) is 9.12. The van der Waals surface area contributed by atoms with Crippen molar-refractivity contribution >= 4 is 29.3 Å². The summed E-state index contributed by atoms with van der Waals surface area (Å²) in [5.74, 6) is -1.52. The average molecular weight is 416 g/mol. The van der Waals surface area contributed by atoms with Crippen LogP contribution in [0, 0.1) is 0 Å². The number of carbonyl (C=O) groups excluding carboxylic acids is 3. The normalized spacial score (nSPS) is 14.2. The van der Waals surface area contributed by atoms with Gasteiger partial charge in [0, 0.05) is 19.6 Å². The van der Waals surface area contributed by atoms with E-state index in [-0.39, 0.29) is 18.7 Å². The van der Waals surface area contributed by atoms with Crippen molar-refractivity contribution in [2.45, 2.75) is 31.9 Å². The quantitative estimate of drug-likeness (QED) is 0.590. The number of piperidine rings is 1. The van der Waals surface area contributed by atoms with Crippen LogP contribution in [0.1, 0.15) is 31.2 Å². The molecule has 1 aromatic carbocycles. The van der Waals surface area contributed by atoms with Crippen molar-refractivity contribution in [2.75, 3.05) is 36.5 Å². The number of carbonyl (C=O) groups is 3. The summed E-state index contributed by atoms with van der Waals surface area (Å²) in [6, 6.07) is 2.39. The van der Waals surface area contributed by atoms with Crippen molar-refractivity contribution in [3.05, 3.63) is 23.8 Å². The standard InChI is InChI=1S/C18H23F3N4O4/c19-18(20,21)12-4-5-14(25-8-2-1-3-9-25)13(10-12)24-15(26)11-29-16(27)6-7-23-17(22)28/h4-5,10H,1-3,6-9,11H2,(H,24,26)(H3,22,23,28). The van der Waals surface area contributed by atoms with E-state index in [0.717, 1.165) is 31.4 Å². The van der Waals surface area contributed by atoms with E-state index in [1.807, 2.05) is 4.90 Å². The van der Waals surface area contributed by atoms with E-state index in [0.29, 0.717) is 18.8 Å². The molecule has 1 aromatic rings. The summed E-state index contributed by atoms with van der Waals surface area (Å²) >= 11 is 0. The van der Waals surface area contributed by atoms with Gasteiger partial charge in [0.2, 0.25) is 0 Å². The fourth-order valence-corrected chi connectivity index (χ4v) is 2.92. The molecule has 0 saturated carbocycles. The third kappa shape index (κ3) is 7.16. The topological polar surface area (TPSA) is 114 Å². The number of urea groups is 1. The molecule has 0 bridgehead atoms. The number of nitrogens with two attached hydrogens (primary N) is 1. The third-order valence-electron chi connectivity index (χ3n) is 4.29. The van der Waals surface area contributed by atoms with E-state index < -0.39 is 36.3 Å². The molecule has 3 amide bonds. The average Bonchev–Trinajstić information content (AvgIpc) is 2.66. The largest absolute Gasteiger partial charge is 0.456 e. The van der Waals surface area contributed by atoms with Crippen molar-refractivity contribution in [1.29, 1.82) is 0 Å². The van der Waals surface area contributed by atoms with Crippen LogP contribution < -0.4 is 21.3 Å². The number of rotatable bonds is 7. The van der Waals surface area contributed by atoms with Gasteiger partial charge in [0.05, 0.1) is 23.4 Å². The van der Waals surface area contributed by atoms with Crippen LogP contribution in [-0.4, -0.2) is 44.1 Å². The lowest BCUT2D eigenvalue weighted by Crippen LogP contribution is -2.32. The molecular formula is C18H23F3N4O4. The molecule has 1 fully saturated rings. The van der Waals surface area contributed by atoms with Crippen molar-refractivity contribution in [3.8, 4) is 0 Å². The van der Waals surface area contributed by atoms with Gasteiger partial charge in [-0.25, -0.2) is 4.79 Å². The zero-order chi connectivity index (χ0) is 21.4. The summed E-state index contributed by atoms with van der Waals surface area (Å²) in [7, 11) is 0. The van der Waals surface area contributed by atoms with E-state index in [2.05, 4.69) is 10.6 Å². The lowest BCUT2D eigenvalue weighted by atomic mass is 10.1. The van der Waals surface area contributed by atoms with E-state index in [9.17, 15) is 27.6 Å². The van der Waals surface area contributed by atoms with E-state index >= 15 is 0 Å². The highest BCUT2D eigenvalue weighted by molar-refractivity contribution is 5.96. The number of hydrogen-bond donors (Lipinski definition) is 3. The molecule has 160 valence electrons. The Bertz CT molecular complexity index is 749. The molecule has 1 saturated heterocycles. The van der Waals surface area contributed by atoms with Crippen LogP contribution >= 0.6 is 0 Å². The second-order valence-corrected chi connectivity index (χ2v) is 6.53. The number of esters is 1. The van der Waals surface area contributed by atoms with Gasteiger partial charge in [-0.15, -0.1) is 0 Å². The molecule has 8 nitrogen and oxygen atoms in total. The number of amides is 3. The van der Waals surface area contributed by atoms with Gasteiger partial charge >= 0.3 is 18.2 Å². The second kappa shape index (κ2) is 9.99. The first kappa shape index (κ1) is 22.3. The lowest BCUT2D eigenvalue weighted by Gasteiger charge is -2.31. The van der Waals surface area contributed by atoms with E-state index in [1.165, 1.54) is 6.07 Å². The Kier molecular flexibility index (Phi) is 7.68. The molecule has 1 aliphatic heterocycles. The Morgan fingerprint density at radius 3 is 2.45 bits per heavy atom. The first-order chi connectivity index (χ1) is 13.7. The van der Waals surface area contributed by atoms with Crippen LogP contribution in [-0.2, 0) is 20.5 Å². The van der Waals surface area contributed by atoms with Crippen LogP contribution in [0.4, 0.5) is 29.3 Å². The van der Waals surface area contributed by atoms with E-state index in [4.69, 9.17) is 10.5 Å². The zero-order valence-electron chi connectivity index (χ0n) is 15.7. The van der Waals surface area contributed by atoms with Crippen LogP contribution in [0.3, 0.4) is 0 Å². The Labute approximate surface area is 165 Å². The molecule has 0 aromatic heterocycles. The number of benzene rings is 1. The molecule has 0 unspecified atom stereocenters. The van der Waals surface area contributed by atoms with Crippen molar-refractivity contribution < 1.29 is 32.3 Å². The molecule has 0 atom stereocenters. The van der Waals surface area contributed by atoms with Gasteiger partial charge in [-0.3, -0.25) is 9.59 Å². The first-order valence-electron chi connectivity index (χ1n) is 9.12. The molecule has 0 radical (unpaired) electrons. The Balaban J connectivity index is 2.03. The summed E-state index contributed by atoms with van der Waals surface area (Å²) < 4.78 is 44.0. The van der Waals surface area contributed by atoms with Gasteiger partial charge in [0.1, 0.15) is 0 Å². The minimum atomic E-state index is -4.56. The SMILES string of the molecule is NC(=O)NCCC(=O)OCC(=O)Nc1cc(C(F)(F)F)ccc1N1CCCCC1. The fraction of sp³-hybridized carbons (Fsp3) is 0.500. The number of primary amides is 1. The summed E-state index contributed by atoms with van der Waals surface area (Å²) in [6.07, 6.45) is -1.89. The maximum Gasteiger partial charge on any atom is 0.416 e. The summed E-state index contributed by atoms with van der Waals surface area (Å²) in [5, 5.41) is 4.60. The number of halogens is 3. The highest BCUT2D eigenvalue weighted by atomic mass is 19.4. The monoisotopic (exact) mass is 416 g/mol. The molecule has 0 spiro atoms. The molecule has 0 aliphatic carbocycles. The number of nitrogens with one attached hydrogen (secondary N) is 2. The number of nitrogens with zero attached hydrogens (tertiary/aromatic N) is 1. The van der Waals surface area contributed by atoms with Crippen molar-refractivity contribution in [1.82, 2.24) is 5.32 Å². The molecule has 1 aliphatic rings. The number of hydrogen-bond acceptors (Lipinski definition) is 5. The fourth-order valence-electron chi connectivity index (χ4n) is 2.92. The third-order valence-corrected chi connectivity index (χ3v) is 4.29. The second-order valence-electron chi connectivity index (χ2n) is 6.53. The van der Waals surface area contributed by atoms with Crippen LogP contribution in [0.15, 0.2) is 18.2 Å². The van der Waals surface area contributed by atoms with Gasteiger partial charge in [0.25, 0.3) is 5.91 Å². The predicted molar refractivity (Wildman–Crippen MR) is 99.3 cm³/mol. The zero-order valence-corrected chi connectivity index (χ0v) is 15.7. The van der Waals surface area contributed by atoms with Gasteiger partial charge < -0.3 is 26.0 Å². The summed E-state index contributed by atoms with van der Waals surface area (Å²) in [6.45, 7) is 0.639. The van der Waals surface area contributed by atoms with Gasteiger partial charge in [-0.05, 0) is 37.5 Å². The van der Waals surface area contributed by atoms with Crippen LogP contribution in [0.5, 0.6) is 0 Å². The predicted octanol–water partition coefficient (Wildman–Crippen LogP) is 2.24. The van der Waals surface area contributed by atoms with Crippen LogP contribution in [0.2, 0.25) is 0 Å². The minimum Gasteiger partial charge on any atom is -0.456 e. The summed E-state index contributed by atoms with van der Waals surface area (Å²) in [5.41, 5.74) is 4.47. The van der Waals surface area contributed by atoms with Gasteiger partial charge in [-0.2, -0.15) is 13.2 Å².